The van der Waals surface area contributed by atoms with Gasteiger partial charge in [0.1, 0.15) is 0 Å². The SMILES string of the molecule is Cc1ccc(C2CC(c3ccn[nH]3)C2)cc1. The topological polar surface area (TPSA) is 28.7 Å². The van der Waals surface area contributed by atoms with Crippen molar-refractivity contribution in [1.29, 1.82) is 0 Å². The van der Waals surface area contributed by atoms with Crippen molar-refractivity contribution in [2.24, 2.45) is 0 Å². The van der Waals surface area contributed by atoms with Gasteiger partial charge in [-0.25, -0.2) is 0 Å². The Hall–Kier alpha value is -1.57. The lowest BCUT2D eigenvalue weighted by Crippen LogP contribution is -2.20. The lowest BCUT2D eigenvalue weighted by Gasteiger charge is -2.35. The van der Waals surface area contributed by atoms with Gasteiger partial charge < -0.3 is 0 Å². The van der Waals surface area contributed by atoms with Gasteiger partial charge in [0, 0.05) is 17.8 Å². The maximum absolute atomic E-state index is 4.01. The van der Waals surface area contributed by atoms with Gasteiger partial charge in [-0.2, -0.15) is 5.10 Å². The number of aromatic amines is 1. The van der Waals surface area contributed by atoms with Crippen LogP contribution in [0.3, 0.4) is 0 Å². The Labute approximate surface area is 95.7 Å². The van der Waals surface area contributed by atoms with E-state index in [1.165, 1.54) is 29.7 Å². The first-order valence-corrected chi connectivity index (χ1v) is 5.89. The van der Waals surface area contributed by atoms with Crippen molar-refractivity contribution in [3.05, 3.63) is 53.3 Å². The third-order valence-corrected chi connectivity index (χ3v) is 3.65. The zero-order valence-corrected chi connectivity index (χ0v) is 9.48. The Kier molecular flexibility index (Phi) is 2.28. The molecule has 0 amide bonds. The van der Waals surface area contributed by atoms with Crippen molar-refractivity contribution in [1.82, 2.24) is 10.2 Å². The van der Waals surface area contributed by atoms with Crippen molar-refractivity contribution in [2.45, 2.75) is 31.6 Å². The molecule has 1 fully saturated rings. The molecule has 1 N–H and O–H groups in total. The van der Waals surface area contributed by atoms with Gasteiger partial charge in [-0.3, -0.25) is 5.10 Å². The molecule has 1 aromatic carbocycles. The van der Waals surface area contributed by atoms with Crippen LogP contribution in [0.2, 0.25) is 0 Å². The molecule has 82 valence electrons. The predicted molar refractivity (Wildman–Crippen MR) is 64.5 cm³/mol. The molecular weight excluding hydrogens is 196 g/mol. The molecule has 1 aromatic heterocycles. The molecule has 1 aliphatic carbocycles. The molecule has 0 unspecified atom stereocenters. The Morgan fingerprint density at radius 3 is 2.44 bits per heavy atom. The molecule has 1 aliphatic rings. The molecule has 0 radical (unpaired) electrons. The summed E-state index contributed by atoms with van der Waals surface area (Å²) in [5.74, 6) is 1.43. The average molecular weight is 212 g/mol. The van der Waals surface area contributed by atoms with Crippen LogP contribution >= 0.6 is 0 Å². The zero-order chi connectivity index (χ0) is 11.0. The zero-order valence-electron chi connectivity index (χ0n) is 9.48. The second-order valence-electron chi connectivity index (χ2n) is 4.79. The highest BCUT2D eigenvalue weighted by Gasteiger charge is 2.31. The summed E-state index contributed by atoms with van der Waals surface area (Å²) in [6.07, 6.45) is 4.35. The average Bonchev–Trinajstić information content (AvgIpc) is 2.72. The Morgan fingerprint density at radius 2 is 1.81 bits per heavy atom. The molecule has 0 aliphatic heterocycles. The summed E-state index contributed by atoms with van der Waals surface area (Å²) in [6.45, 7) is 2.14. The van der Waals surface area contributed by atoms with Crippen molar-refractivity contribution in [3.8, 4) is 0 Å². The Balaban J connectivity index is 1.67. The molecule has 0 bridgehead atoms. The second-order valence-corrected chi connectivity index (χ2v) is 4.79. The number of rotatable bonds is 2. The summed E-state index contributed by atoms with van der Waals surface area (Å²) in [4.78, 5) is 0. The monoisotopic (exact) mass is 212 g/mol. The number of nitrogens with one attached hydrogen (secondary N) is 1. The molecule has 2 nitrogen and oxygen atoms in total. The highest BCUT2D eigenvalue weighted by atomic mass is 15.1. The van der Waals surface area contributed by atoms with E-state index in [-0.39, 0.29) is 0 Å². The van der Waals surface area contributed by atoms with Crippen molar-refractivity contribution < 1.29 is 0 Å². The molecule has 0 atom stereocenters. The quantitative estimate of drug-likeness (QED) is 0.812. The molecule has 0 saturated heterocycles. The van der Waals surface area contributed by atoms with Crippen LogP contribution in [0.15, 0.2) is 36.5 Å². The fourth-order valence-corrected chi connectivity index (χ4v) is 2.48. The van der Waals surface area contributed by atoms with E-state index in [9.17, 15) is 0 Å². The number of hydrogen-bond acceptors (Lipinski definition) is 1. The molecular formula is C14H16N2. The first-order chi connectivity index (χ1) is 7.83. The molecule has 2 aromatic rings. The number of H-pyrrole nitrogens is 1. The van der Waals surface area contributed by atoms with Crippen LogP contribution in [0, 0.1) is 6.92 Å². The summed E-state index contributed by atoms with van der Waals surface area (Å²) >= 11 is 0. The highest BCUT2D eigenvalue weighted by molar-refractivity contribution is 5.28. The van der Waals surface area contributed by atoms with Crippen molar-refractivity contribution >= 4 is 0 Å². The van der Waals surface area contributed by atoms with E-state index in [1.54, 1.807) is 0 Å². The van der Waals surface area contributed by atoms with Crippen LogP contribution in [-0.2, 0) is 0 Å². The Bertz CT molecular complexity index is 450. The Morgan fingerprint density at radius 1 is 1.06 bits per heavy atom. The van der Waals surface area contributed by atoms with Gasteiger partial charge in [-0.05, 0) is 37.3 Å². The first-order valence-electron chi connectivity index (χ1n) is 5.89. The fraction of sp³-hybridized carbons (Fsp3) is 0.357. The van der Waals surface area contributed by atoms with Gasteiger partial charge in [-0.15, -0.1) is 0 Å². The number of benzene rings is 1. The van der Waals surface area contributed by atoms with Crippen molar-refractivity contribution in [2.75, 3.05) is 0 Å². The fourth-order valence-electron chi connectivity index (χ4n) is 2.48. The van der Waals surface area contributed by atoms with Gasteiger partial charge in [0.2, 0.25) is 0 Å². The maximum atomic E-state index is 4.01. The second kappa shape index (κ2) is 3.78. The van der Waals surface area contributed by atoms with Gasteiger partial charge in [0.15, 0.2) is 0 Å². The van der Waals surface area contributed by atoms with Crippen LogP contribution < -0.4 is 0 Å². The maximum Gasteiger partial charge on any atom is 0.0490 e. The minimum atomic E-state index is 0.689. The summed E-state index contributed by atoms with van der Waals surface area (Å²) in [5, 5.41) is 7.08. The normalized spacial score (nSPS) is 24.1. The summed E-state index contributed by atoms with van der Waals surface area (Å²) < 4.78 is 0. The standard InChI is InChI=1S/C14H16N2/c1-10-2-4-11(5-3-10)12-8-13(9-12)14-6-7-15-16-14/h2-7,12-13H,8-9H2,1H3,(H,15,16). The van der Waals surface area contributed by atoms with Gasteiger partial charge in [0.05, 0.1) is 0 Å². The summed E-state index contributed by atoms with van der Waals surface area (Å²) in [5.41, 5.74) is 4.12. The van der Waals surface area contributed by atoms with Crippen LogP contribution in [0.4, 0.5) is 0 Å². The third-order valence-electron chi connectivity index (χ3n) is 3.65. The van der Waals surface area contributed by atoms with Gasteiger partial charge >= 0.3 is 0 Å². The van der Waals surface area contributed by atoms with Crippen LogP contribution in [0.25, 0.3) is 0 Å². The third kappa shape index (κ3) is 1.64. The first kappa shape index (κ1) is 9.64. The van der Waals surface area contributed by atoms with E-state index in [1.807, 2.05) is 6.20 Å². The summed E-state index contributed by atoms with van der Waals surface area (Å²) in [7, 11) is 0. The lowest BCUT2D eigenvalue weighted by molar-refractivity contribution is 0.345. The van der Waals surface area contributed by atoms with E-state index in [0.29, 0.717) is 5.92 Å². The minimum absolute atomic E-state index is 0.689. The van der Waals surface area contributed by atoms with E-state index in [2.05, 4.69) is 47.5 Å². The predicted octanol–water partition coefficient (Wildman–Crippen LogP) is 3.38. The summed E-state index contributed by atoms with van der Waals surface area (Å²) in [6, 6.07) is 11.0. The molecule has 1 saturated carbocycles. The molecule has 1 heterocycles. The minimum Gasteiger partial charge on any atom is -0.282 e. The van der Waals surface area contributed by atoms with E-state index < -0.39 is 0 Å². The number of nitrogens with zero attached hydrogens (tertiary/aromatic N) is 1. The van der Waals surface area contributed by atoms with E-state index in [0.717, 1.165) is 5.92 Å². The van der Waals surface area contributed by atoms with E-state index >= 15 is 0 Å². The van der Waals surface area contributed by atoms with Crippen LogP contribution in [0.5, 0.6) is 0 Å². The number of aryl methyl sites for hydroxylation is 1. The number of aromatic nitrogens is 2. The highest BCUT2D eigenvalue weighted by Crippen LogP contribution is 2.46. The molecule has 16 heavy (non-hydrogen) atoms. The molecule has 3 rings (SSSR count). The van der Waals surface area contributed by atoms with Gasteiger partial charge in [-0.1, -0.05) is 29.8 Å². The number of hydrogen-bond donors (Lipinski definition) is 1. The lowest BCUT2D eigenvalue weighted by atomic mass is 9.70. The van der Waals surface area contributed by atoms with Gasteiger partial charge in [0.25, 0.3) is 0 Å². The molecule has 2 heteroatoms. The van der Waals surface area contributed by atoms with Crippen LogP contribution in [0.1, 0.15) is 41.5 Å². The van der Waals surface area contributed by atoms with Crippen LogP contribution in [-0.4, -0.2) is 10.2 Å². The smallest absolute Gasteiger partial charge is 0.0490 e. The molecule has 0 spiro atoms. The van der Waals surface area contributed by atoms with E-state index in [4.69, 9.17) is 0 Å². The largest absolute Gasteiger partial charge is 0.282 e. The van der Waals surface area contributed by atoms with Crippen molar-refractivity contribution in [3.63, 3.8) is 0 Å².